The third kappa shape index (κ3) is 3.96. The first-order valence-corrected chi connectivity index (χ1v) is 6.62. The normalized spacial score (nSPS) is 12.5. The van der Waals surface area contributed by atoms with E-state index in [0.29, 0.717) is 12.1 Å². The Bertz CT molecular complexity index is 444. The summed E-state index contributed by atoms with van der Waals surface area (Å²) in [5.41, 5.74) is 1.35. The second kappa shape index (κ2) is 6.57. The number of rotatable bonds is 5. The van der Waals surface area contributed by atoms with E-state index < -0.39 is 0 Å². The fourth-order valence-corrected chi connectivity index (χ4v) is 2.24. The maximum Gasteiger partial charge on any atom is 0.254 e. The molecule has 106 valence electrons. The second-order valence-corrected chi connectivity index (χ2v) is 5.20. The quantitative estimate of drug-likeness (QED) is 0.886. The highest BCUT2D eigenvalue weighted by atomic mass is 16.3. The van der Waals surface area contributed by atoms with E-state index in [1.54, 1.807) is 25.1 Å². The molecule has 0 fully saturated rings. The number of phenols is 1. The molecular weight excluding hydrogens is 240 g/mol. The van der Waals surface area contributed by atoms with Crippen LogP contribution in [0.15, 0.2) is 18.2 Å². The van der Waals surface area contributed by atoms with Crippen molar-refractivity contribution in [2.45, 2.75) is 26.8 Å². The smallest absolute Gasteiger partial charge is 0.254 e. The Morgan fingerprint density at radius 3 is 2.47 bits per heavy atom. The number of aromatic hydroxyl groups is 1. The maximum atomic E-state index is 12.5. The van der Waals surface area contributed by atoms with Crippen LogP contribution in [-0.4, -0.2) is 54.0 Å². The van der Waals surface area contributed by atoms with Gasteiger partial charge in [-0.05, 0) is 58.6 Å². The van der Waals surface area contributed by atoms with Crippen molar-refractivity contribution in [2.24, 2.45) is 0 Å². The molecular formula is C15H24N2O2. The van der Waals surface area contributed by atoms with Gasteiger partial charge in [-0.2, -0.15) is 0 Å². The van der Waals surface area contributed by atoms with E-state index in [2.05, 4.69) is 11.8 Å². The van der Waals surface area contributed by atoms with Crippen LogP contribution in [0.3, 0.4) is 0 Å². The summed E-state index contributed by atoms with van der Waals surface area (Å²) in [7, 11) is 4.00. The molecule has 0 bridgehead atoms. The minimum atomic E-state index is 0.0138. The van der Waals surface area contributed by atoms with Crippen LogP contribution in [-0.2, 0) is 0 Å². The molecule has 4 nitrogen and oxygen atoms in total. The number of carbonyl (C=O) groups is 1. The summed E-state index contributed by atoms with van der Waals surface area (Å²) in [6, 6.07) is 5.15. The average molecular weight is 264 g/mol. The van der Waals surface area contributed by atoms with Gasteiger partial charge in [0.15, 0.2) is 0 Å². The lowest BCUT2D eigenvalue weighted by atomic mass is 10.1. The summed E-state index contributed by atoms with van der Waals surface area (Å²) in [5, 5.41) is 9.52. The Labute approximate surface area is 115 Å². The maximum absolute atomic E-state index is 12.5. The molecule has 0 saturated heterocycles. The summed E-state index contributed by atoms with van der Waals surface area (Å²) in [4.78, 5) is 16.4. The van der Waals surface area contributed by atoms with Gasteiger partial charge < -0.3 is 14.9 Å². The number of likely N-dealkylation sites (N-methyl/N-ethyl adjacent to an activating group) is 2. The molecule has 0 aliphatic heterocycles. The molecule has 0 spiro atoms. The van der Waals surface area contributed by atoms with E-state index in [1.165, 1.54) is 0 Å². The van der Waals surface area contributed by atoms with Crippen molar-refractivity contribution >= 4 is 5.91 Å². The van der Waals surface area contributed by atoms with Gasteiger partial charge in [-0.15, -0.1) is 0 Å². The van der Waals surface area contributed by atoms with E-state index in [4.69, 9.17) is 0 Å². The molecule has 1 amide bonds. The fourth-order valence-electron chi connectivity index (χ4n) is 2.24. The number of carbonyl (C=O) groups excluding carboxylic acids is 1. The van der Waals surface area contributed by atoms with Gasteiger partial charge in [-0.1, -0.05) is 0 Å². The standard InChI is InChI=1S/C15H24N2O2/c1-6-17(12(3)10-16(4)5)15(19)13-7-8-14(18)11(2)9-13/h7-9,12,18H,6,10H2,1-5H3. The Morgan fingerprint density at radius 1 is 1.37 bits per heavy atom. The first-order chi connectivity index (χ1) is 8.86. The van der Waals surface area contributed by atoms with Crippen LogP contribution < -0.4 is 0 Å². The van der Waals surface area contributed by atoms with Gasteiger partial charge in [0.1, 0.15) is 5.75 Å². The van der Waals surface area contributed by atoms with Gasteiger partial charge >= 0.3 is 0 Å². The lowest BCUT2D eigenvalue weighted by Gasteiger charge is -2.30. The van der Waals surface area contributed by atoms with Crippen molar-refractivity contribution in [1.29, 1.82) is 0 Å². The SMILES string of the molecule is CCN(C(=O)c1ccc(O)c(C)c1)C(C)CN(C)C. The van der Waals surface area contributed by atoms with Gasteiger partial charge in [0.05, 0.1) is 0 Å². The van der Waals surface area contributed by atoms with Crippen LogP contribution in [0, 0.1) is 6.92 Å². The lowest BCUT2D eigenvalue weighted by molar-refractivity contribution is 0.0679. The van der Waals surface area contributed by atoms with Crippen LogP contribution in [0.2, 0.25) is 0 Å². The lowest BCUT2D eigenvalue weighted by Crippen LogP contribution is -2.43. The molecule has 19 heavy (non-hydrogen) atoms. The molecule has 1 N–H and O–H groups in total. The van der Waals surface area contributed by atoms with E-state index in [-0.39, 0.29) is 17.7 Å². The molecule has 1 aromatic rings. The summed E-state index contributed by atoms with van der Waals surface area (Å²) in [6.45, 7) is 7.34. The fraction of sp³-hybridized carbons (Fsp3) is 0.533. The largest absolute Gasteiger partial charge is 0.508 e. The zero-order chi connectivity index (χ0) is 14.6. The predicted octanol–water partition coefficient (Wildman–Crippen LogP) is 2.11. The molecule has 4 heteroatoms. The first kappa shape index (κ1) is 15.5. The molecule has 1 unspecified atom stereocenters. The number of amides is 1. The Balaban J connectivity index is 2.91. The van der Waals surface area contributed by atoms with Crippen molar-refractivity contribution in [2.75, 3.05) is 27.2 Å². The zero-order valence-corrected chi connectivity index (χ0v) is 12.5. The minimum absolute atomic E-state index is 0.0138. The Morgan fingerprint density at radius 2 is 2.00 bits per heavy atom. The topological polar surface area (TPSA) is 43.8 Å². The minimum Gasteiger partial charge on any atom is -0.508 e. The molecule has 0 heterocycles. The number of benzene rings is 1. The van der Waals surface area contributed by atoms with Gasteiger partial charge in [-0.25, -0.2) is 0 Å². The van der Waals surface area contributed by atoms with Crippen LogP contribution in [0.4, 0.5) is 0 Å². The highest BCUT2D eigenvalue weighted by Gasteiger charge is 2.20. The van der Waals surface area contributed by atoms with E-state index in [1.807, 2.05) is 25.9 Å². The van der Waals surface area contributed by atoms with Crippen LogP contribution in [0.1, 0.15) is 29.8 Å². The van der Waals surface area contributed by atoms with Crippen molar-refractivity contribution in [3.8, 4) is 5.75 Å². The highest BCUT2D eigenvalue weighted by molar-refractivity contribution is 5.94. The molecule has 0 saturated carbocycles. The molecule has 0 aliphatic carbocycles. The number of aryl methyl sites for hydroxylation is 1. The first-order valence-electron chi connectivity index (χ1n) is 6.62. The number of phenolic OH excluding ortho intramolecular Hbond substituents is 1. The second-order valence-electron chi connectivity index (χ2n) is 5.20. The van der Waals surface area contributed by atoms with Gasteiger partial charge in [0.2, 0.25) is 0 Å². The molecule has 0 radical (unpaired) electrons. The van der Waals surface area contributed by atoms with E-state index in [9.17, 15) is 9.90 Å². The highest BCUT2D eigenvalue weighted by Crippen LogP contribution is 2.18. The van der Waals surface area contributed by atoms with Crippen molar-refractivity contribution < 1.29 is 9.90 Å². The molecule has 1 rings (SSSR count). The number of nitrogens with zero attached hydrogens (tertiary/aromatic N) is 2. The summed E-state index contributed by atoms with van der Waals surface area (Å²) < 4.78 is 0. The molecule has 0 aromatic heterocycles. The van der Waals surface area contributed by atoms with Crippen molar-refractivity contribution in [3.05, 3.63) is 29.3 Å². The summed E-state index contributed by atoms with van der Waals surface area (Å²) in [5.74, 6) is 0.237. The van der Waals surface area contributed by atoms with Crippen LogP contribution in [0.25, 0.3) is 0 Å². The van der Waals surface area contributed by atoms with E-state index >= 15 is 0 Å². The zero-order valence-electron chi connectivity index (χ0n) is 12.5. The van der Waals surface area contributed by atoms with Crippen LogP contribution >= 0.6 is 0 Å². The Hall–Kier alpha value is -1.55. The summed E-state index contributed by atoms with van der Waals surface area (Å²) >= 11 is 0. The predicted molar refractivity (Wildman–Crippen MR) is 77.6 cm³/mol. The van der Waals surface area contributed by atoms with E-state index in [0.717, 1.165) is 12.1 Å². The number of hydrogen-bond acceptors (Lipinski definition) is 3. The average Bonchev–Trinajstić information content (AvgIpc) is 2.32. The van der Waals surface area contributed by atoms with Crippen molar-refractivity contribution in [1.82, 2.24) is 9.80 Å². The monoisotopic (exact) mass is 264 g/mol. The van der Waals surface area contributed by atoms with Gasteiger partial charge in [0, 0.05) is 24.7 Å². The van der Waals surface area contributed by atoms with Crippen molar-refractivity contribution in [3.63, 3.8) is 0 Å². The van der Waals surface area contributed by atoms with Gasteiger partial charge in [0.25, 0.3) is 5.91 Å². The third-order valence-corrected chi connectivity index (χ3v) is 3.21. The molecule has 0 aliphatic rings. The third-order valence-electron chi connectivity index (χ3n) is 3.21. The molecule has 1 aromatic carbocycles. The number of hydrogen-bond donors (Lipinski definition) is 1. The Kier molecular flexibility index (Phi) is 5.36. The summed E-state index contributed by atoms with van der Waals surface area (Å²) in [6.07, 6.45) is 0. The van der Waals surface area contributed by atoms with Gasteiger partial charge in [-0.3, -0.25) is 4.79 Å². The molecule has 1 atom stereocenters. The van der Waals surface area contributed by atoms with Crippen LogP contribution in [0.5, 0.6) is 5.75 Å².